The van der Waals surface area contributed by atoms with E-state index in [4.69, 9.17) is 9.40 Å². The number of rotatable bonds is 3. The highest BCUT2D eigenvalue weighted by Crippen LogP contribution is 2.36. The Morgan fingerprint density at radius 2 is 1.76 bits per heavy atom. The second-order valence-corrected chi connectivity index (χ2v) is 11.8. The quantitative estimate of drug-likeness (QED) is 0.502. The molecule has 0 N–H and O–H groups in total. The molecule has 194 valence electrons. The van der Waals surface area contributed by atoms with E-state index in [0.29, 0.717) is 49.3 Å². The van der Waals surface area contributed by atoms with E-state index in [1.165, 1.54) is 12.1 Å². The Morgan fingerprint density at radius 3 is 2.35 bits per heavy atom. The number of hydrogen-bond donors (Lipinski definition) is 0. The van der Waals surface area contributed by atoms with Crippen LogP contribution in [0.25, 0.3) is 22.4 Å². The largest absolute Gasteiger partial charge is 0.449 e. The SMILES string of the molecule is CC(C)(C)c1cc(-c2ccc(F)cc2)nc2cc(C(=O)N3CCN(C(=O)C4CC(=O)C4)CC3(C)C)oc12. The van der Waals surface area contributed by atoms with Gasteiger partial charge in [0.2, 0.25) is 5.91 Å². The summed E-state index contributed by atoms with van der Waals surface area (Å²) in [6, 6.07) is 9.78. The molecule has 1 saturated carbocycles. The molecule has 5 rings (SSSR count). The van der Waals surface area contributed by atoms with E-state index in [-0.39, 0.29) is 40.5 Å². The molecular formula is C29H32FN3O4. The van der Waals surface area contributed by atoms with Crippen molar-refractivity contribution in [2.24, 2.45) is 5.92 Å². The molecule has 0 radical (unpaired) electrons. The number of benzene rings is 1. The summed E-state index contributed by atoms with van der Waals surface area (Å²) in [6.45, 7) is 11.2. The Bertz CT molecular complexity index is 1390. The summed E-state index contributed by atoms with van der Waals surface area (Å²) in [5, 5.41) is 0. The van der Waals surface area contributed by atoms with Gasteiger partial charge >= 0.3 is 0 Å². The molecule has 2 aliphatic rings. The number of carbonyl (C=O) groups excluding carboxylic acids is 3. The Hall–Kier alpha value is -3.55. The van der Waals surface area contributed by atoms with Crippen LogP contribution in [0.15, 0.2) is 40.8 Å². The van der Waals surface area contributed by atoms with Gasteiger partial charge in [-0.15, -0.1) is 0 Å². The number of halogens is 1. The predicted octanol–water partition coefficient (Wildman–Crippen LogP) is 4.97. The van der Waals surface area contributed by atoms with Crippen molar-refractivity contribution in [3.63, 3.8) is 0 Å². The van der Waals surface area contributed by atoms with Crippen LogP contribution in [-0.4, -0.2) is 57.6 Å². The number of ketones is 1. The number of aromatic nitrogens is 1. The molecule has 2 fully saturated rings. The van der Waals surface area contributed by atoms with Gasteiger partial charge in [0, 0.05) is 49.7 Å². The highest BCUT2D eigenvalue weighted by Gasteiger charge is 2.43. The fourth-order valence-electron chi connectivity index (χ4n) is 5.23. The number of furan rings is 1. The molecule has 3 aromatic rings. The molecule has 1 aromatic carbocycles. The van der Waals surface area contributed by atoms with E-state index in [2.05, 4.69) is 20.8 Å². The molecule has 0 bridgehead atoms. The molecule has 1 saturated heterocycles. The second-order valence-electron chi connectivity index (χ2n) is 11.8. The molecule has 7 nitrogen and oxygen atoms in total. The van der Waals surface area contributed by atoms with Gasteiger partial charge in [0.05, 0.1) is 17.2 Å². The van der Waals surface area contributed by atoms with Gasteiger partial charge < -0.3 is 14.2 Å². The first kappa shape index (κ1) is 25.1. The van der Waals surface area contributed by atoms with Crippen LogP contribution >= 0.6 is 0 Å². The van der Waals surface area contributed by atoms with Crippen molar-refractivity contribution < 1.29 is 23.2 Å². The van der Waals surface area contributed by atoms with Gasteiger partial charge in [0.25, 0.3) is 5.91 Å². The molecule has 1 aliphatic heterocycles. The number of piperazine rings is 1. The lowest BCUT2D eigenvalue weighted by Crippen LogP contribution is -2.63. The highest BCUT2D eigenvalue weighted by atomic mass is 19.1. The number of Topliss-reactive ketones (excluding diaryl/α,β-unsaturated/α-hetero) is 1. The third-order valence-electron chi connectivity index (χ3n) is 7.39. The minimum atomic E-state index is -0.614. The Kier molecular flexibility index (Phi) is 5.96. The van der Waals surface area contributed by atoms with Gasteiger partial charge in [-0.1, -0.05) is 20.8 Å². The molecule has 3 heterocycles. The van der Waals surface area contributed by atoms with E-state index < -0.39 is 5.54 Å². The van der Waals surface area contributed by atoms with Gasteiger partial charge in [0.1, 0.15) is 17.1 Å². The molecule has 8 heteroatoms. The van der Waals surface area contributed by atoms with Crippen LogP contribution in [0, 0.1) is 11.7 Å². The van der Waals surface area contributed by atoms with Crippen LogP contribution in [0.3, 0.4) is 0 Å². The van der Waals surface area contributed by atoms with Crippen LogP contribution < -0.4 is 0 Å². The maximum atomic E-state index is 13.7. The normalized spacial score (nSPS) is 18.3. The summed E-state index contributed by atoms with van der Waals surface area (Å²) in [5.74, 6) is -0.474. The van der Waals surface area contributed by atoms with E-state index in [9.17, 15) is 18.8 Å². The van der Waals surface area contributed by atoms with Crippen molar-refractivity contribution in [1.29, 1.82) is 0 Å². The number of pyridine rings is 1. The number of fused-ring (bicyclic) bond motifs is 1. The van der Waals surface area contributed by atoms with Crippen molar-refractivity contribution >= 4 is 28.7 Å². The number of nitrogens with zero attached hydrogens (tertiary/aromatic N) is 3. The lowest BCUT2D eigenvalue weighted by molar-refractivity contribution is -0.148. The first-order chi connectivity index (χ1) is 17.3. The third kappa shape index (κ3) is 4.65. The van der Waals surface area contributed by atoms with Gasteiger partial charge in [-0.25, -0.2) is 9.37 Å². The minimum absolute atomic E-state index is 0.00384. The van der Waals surface area contributed by atoms with Crippen molar-refractivity contribution in [3.8, 4) is 11.3 Å². The van der Waals surface area contributed by atoms with Crippen LogP contribution in [0.1, 0.15) is 63.6 Å². The Labute approximate surface area is 215 Å². The van der Waals surface area contributed by atoms with Crippen molar-refractivity contribution in [2.45, 2.75) is 58.4 Å². The third-order valence-corrected chi connectivity index (χ3v) is 7.39. The zero-order chi connectivity index (χ0) is 26.7. The van der Waals surface area contributed by atoms with Crippen molar-refractivity contribution in [2.75, 3.05) is 19.6 Å². The summed E-state index contributed by atoms with van der Waals surface area (Å²) in [6.07, 6.45) is 0.640. The highest BCUT2D eigenvalue weighted by molar-refractivity contribution is 5.98. The number of carbonyl (C=O) groups is 3. The molecule has 0 spiro atoms. The van der Waals surface area contributed by atoms with Gasteiger partial charge in [-0.2, -0.15) is 0 Å². The van der Waals surface area contributed by atoms with Gasteiger partial charge in [-0.3, -0.25) is 14.4 Å². The predicted molar refractivity (Wildman–Crippen MR) is 138 cm³/mol. The molecule has 0 unspecified atom stereocenters. The van der Waals surface area contributed by atoms with Crippen molar-refractivity contribution in [3.05, 3.63) is 53.5 Å². The fraction of sp³-hybridized carbons (Fsp3) is 0.448. The molecule has 2 aromatic heterocycles. The zero-order valence-electron chi connectivity index (χ0n) is 21.9. The van der Waals surface area contributed by atoms with Crippen LogP contribution in [0.2, 0.25) is 0 Å². The average Bonchev–Trinajstić information content (AvgIpc) is 3.24. The van der Waals surface area contributed by atoms with Gasteiger partial charge in [-0.05, 0) is 49.6 Å². The van der Waals surface area contributed by atoms with Crippen LogP contribution in [-0.2, 0) is 15.0 Å². The molecule has 37 heavy (non-hydrogen) atoms. The van der Waals surface area contributed by atoms with E-state index >= 15 is 0 Å². The Morgan fingerprint density at radius 1 is 1.08 bits per heavy atom. The monoisotopic (exact) mass is 505 g/mol. The summed E-state index contributed by atoms with van der Waals surface area (Å²) in [4.78, 5) is 46.1. The molecule has 1 aliphatic carbocycles. The zero-order valence-corrected chi connectivity index (χ0v) is 21.9. The maximum absolute atomic E-state index is 13.7. The van der Waals surface area contributed by atoms with E-state index in [0.717, 1.165) is 11.1 Å². The molecule has 2 amide bonds. The standard InChI is InChI=1S/C29H32FN3O4/c1-28(2,3)21-14-22(17-6-8-19(30)9-7-17)31-23-15-24(37-25(21)23)27(36)33-11-10-32(16-29(33,4)5)26(35)18-12-20(34)13-18/h6-9,14-15,18H,10-13,16H2,1-5H3. The van der Waals surface area contributed by atoms with Gasteiger partial charge in [0.15, 0.2) is 11.3 Å². The lowest BCUT2D eigenvalue weighted by Gasteiger charge is -2.47. The lowest BCUT2D eigenvalue weighted by atomic mass is 9.82. The summed E-state index contributed by atoms with van der Waals surface area (Å²) in [7, 11) is 0. The number of amides is 2. The van der Waals surface area contributed by atoms with Crippen molar-refractivity contribution in [1.82, 2.24) is 14.8 Å². The fourth-order valence-corrected chi connectivity index (χ4v) is 5.23. The van der Waals surface area contributed by atoms with E-state index in [1.54, 1.807) is 28.0 Å². The van der Waals surface area contributed by atoms with E-state index in [1.807, 2.05) is 19.9 Å². The number of hydrogen-bond acceptors (Lipinski definition) is 5. The minimum Gasteiger partial charge on any atom is -0.449 e. The summed E-state index contributed by atoms with van der Waals surface area (Å²) in [5.41, 5.74) is 2.58. The second kappa shape index (κ2) is 8.78. The summed E-state index contributed by atoms with van der Waals surface area (Å²) >= 11 is 0. The Balaban J connectivity index is 1.45. The van der Waals surface area contributed by atoms with Crippen LogP contribution in [0.4, 0.5) is 4.39 Å². The summed E-state index contributed by atoms with van der Waals surface area (Å²) < 4.78 is 19.7. The first-order valence-corrected chi connectivity index (χ1v) is 12.7. The maximum Gasteiger partial charge on any atom is 0.290 e. The molecule has 0 atom stereocenters. The van der Waals surface area contributed by atoms with Crippen LogP contribution in [0.5, 0.6) is 0 Å². The smallest absolute Gasteiger partial charge is 0.290 e. The molecular weight excluding hydrogens is 473 g/mol. The topological polar surface area (TPSA) is 83.7 Å². The first-order valence-electron chi connectivity index (χ1n) is 12.7. The average molecular weight is 506 g/mol.